The Balaban J connectivity index is 1.59. The molecular formula is C26H32FN5O4S. The van der Waals surface area contributed by atoms with Crippen LogP contribution in [-0.2, 0) is 14.5 Å². The SMILES string of the molecule is Cc1cc(N=S(C)(C)=O)cc2ncnc(Nc3ccc(F)cc3O[C@@H]3CCN(C(=O)OC(C)(C)C)C3)c12. The molecule has 1 aromatic heterocycles. The van der Waals surface area contributed by atoms with E-state index in [1.807, 2.05) is 33.8 Å². The second-order valence-corrected chi connectivity index (χ2v) is 12.9. The fourth-order valence-electron chi connectivity index (χ4n) is 4.10. The fraction of sp³-hybridized carbons (Fsp3) is 0.423. The third-order valence-electron chi connectivity index (χ3n) is 5.53. The molecule has 1 aliphatic heterocycles. The molecule has 1 aliphatic rings. The third-order valence-corrected chi connectivity index (χ3v) is 6.18. The van der Waals surface area contributed by atoms with Gasteiger partial charge in [0.05, 0.1) is 23.4 Å². The molecule has 0 aliphatic carbocycles. The number of carbonyl (C=O) groups is 1. The number of likely N-dealkylation sites (tertiary alicyclic amines) is 1. The second-order valence-electron chi connectivity index (χ2n) is 10.4. The van der Waals surface area contributed by atoms with Crippen molar-refractivity contribution in [1.29, 1.82) is 0 Å². The van der Waals surface area contributed by atoms with E-state index in [1.54, 1.807) is 29.5 Å². The maximum Gasteiger partial charge on any atom is 0.410 e. The average molecular weight is 530 g/mol. The zero-order valence-electron chi connectivity index (χ0n) is 21.9. The molecule has 0 radical (unpaired) electrons. The third kappa shape index (κ3) is 6.85. The Bertz CT molecular complexity index is 1460. The van der Waals surface area contributed by atoms with E-state index in [4.69, 9.17) is 9.47 Å². The van der Waals surface area contributed by atoms with Crippen LogP contribution < -0.4 is 10.1 Å². The van der Waals surface area contributed by atoms with Crippen molar-refractivity contribution < 1.29 is 22.9 Å². The van der Waals surface area contributed by atoms with E-state index in [1.165, 1.54) is 18.5 Å². The van der Waals surface area contributed by atoms with Crippen molar-refractivity contribution >= 4 is 43.9 Å². The number of nitrogens with one attached hydrogen (secondary N) is 1. The van der Waals surface area contributed by atoms with E-state index in [0.29, 0.717) is 48.0 Å². The van der Waals surface area contributed by atoms with Gasteiger partial charge in [-0.25, -0.2) is 23.4 Å². The average Bonchev–Trinajstić information content (AvgIpc) is 3.22. The molecule has 3 aromatic rings. The summed E-state index contributed by atoms with van der Waals surface area (Å²) in [5, 5.41) is 4.01. The van der Waals surface area contributed by atoms with Gasteiger partial charge in [0.15, 0.2) is 0 Å². The Morgan fingerprint density at radius 3 is 2.68 bits per heavy atom. The van der Waals surface area contributed by atoms with Crippen LogP contribution in [0.2, 0.25) is 0 Å². The van der Waals surface area contributed by atoms with E-state index >= 15 is 0 Å². The van der Waals surface area contributed by atoms with Gasteiger partial charge in [0.25, 0.3) is 0 Å². The van der Waals surface area contributed by atoms with E-state index in [2.05, 4.69) is 19.6 Å². The topological polar surface area (TPSA) is 106 Å². The Hall–Kier alpha value is -3.47. The largest absolute Gasteiger partial charge is 0.486 e. The van der Waals surface area contributed by atoms with Gasteiger partial charge in [-0.05, 0) is 57.5 Å². The van der Waals surface area contributed by atoms with Gasteiger partial charge in [-0.1, -0.05) is 0 Å². The van der Waals surface area contributed by atoms with Crippen LogP contribution >= 0.6 is 0 Å². The van der Waals surface area contributed by atoms with E-state index < -0.39 is 27.2 Å². The number of aromatic nitrogens is 2. The molecule has 0 saturated carbocycles. The lowest BCUT2D eigenvalue weighted by molar-refractivity contribution is 0.0275. The summed E-state index contributed by atoms with van der Waals surface area (Å²) < 4.78 is 42.2. The zero-order valence-corrected chi connectivity index (χ0v) is 22.7. The Morgan fingerprint density at radius 2 is 1.97 bits per heavy atom. The highest BCUT2D eigenvalue weighted by Gasteiger charge is 2.31. The molecule has 0 spiro atoms. The van der Waals surface area contributed by atoms with Crippen molar-refractivity contribution in [3.63, 3.8) is 0 Å². The number of nitrogens with zero attached hydrogens (tertiary/aromatic N) is 4. The first-order chi connectivity index (χ1) is 17.3. The summed E-state index contributed by atoms with van der Waals surface area (Å²) in [4.78, 5) is 22.8. The first-order valence-electron chi connectivity index (χ1n) is 11.9. The van der Waals surface area contributed by atoms with Gasteiger partial charge >= 0.3 is 6.09 Å². The normalized spacial score (nSPS) is 16.1. The molecule has 0 unspecified atom stereocenters. The van der Waals surface area contributed by atoms with E-state index in [9.17, 15) is 13.4 Å². The Morgan fingerprint density at radius 1 is 1.22 bits per heavy atom. The molecule has 2 aromatic carbocycles. The fourth-order valence-corrected chi connectivity index (χ4v) is 4.71. The van der Waals surface area contributed by atoms with E-state index in [0.717, 1.165) is 10.9 Å². The van der Waals surface area contributed by atoms with Gasteiger partial charge in [0, 0.05) is 46.7 Å². The van der Waals surface area contributed by atoms with Gasteiger partial charge in [-0.2, -0.15) is 4.36 Å². The number of ether oxygens (including phenoxy) is 2. The molecule has 4 rings (SSSR count). The summed E-state index contributed by atoms with van der Waals surface area (Å²) in [5.74, 6) is 0.380. The maximum atomic E-state index is 14.2. The highest BCUT2D eigenvalue weighted by Crippen LogP contribution is 2.35. The number of rotatable bonds is 5. The Kier molecular flexibility index (Phi) is 7.27. The molecule has 11 heteroatoms. The molecule has 1 amide bonds. The van der Waals surface area contributed by atoms with Gasteiger partial charge in [0.2, 0.25) is 0 Å². The standard InChI is InChI=1S/C26H32FN5O4S/c1-16-11-18(31-37(5,6)34)13-21-23(16)24(29-15-28-21)30-20-8-7-17(27)12-22(20)35-19-9-10-32(14-19)25(33)36-26(2,3)4/h7-8,11-13,15,19H,9-10,14H2,1-6H3,(H,28,29,30)/t19-/m1/s1. The van der Waals surface area contributed by atoms with Crippen LogP contribution in [0.1, 0.15) is 32.8 Å². The minimum absolute atomic E-state index is 0.309. The molecule has 1 fully saturated rings. The molecule has 1 N–H and O–H groups in total. The zero-order chi connectivity index (χ0) is 27.0. The lowest BCUT2D eigenvalue weighted by Crippen LogP contribution is -2.36. The van der Waals surface area contributed by atoms with Crippen LogP contribution in [0.4, 0.5) is 26.4 Å². The first-order valence-corrected chi connectivity index (χ1v) is 14.2. The smallest absolute Gasteiger partial charge is 0.410 e. The van der Waals surface area contributed by atoms with E-state index in [-0.39, 0.29) is 6.10 Å². The summed E-state index contributed by atoms with van der Waals surface area (Å²) in [6.45, 7) is 8.18. The number of fused-ring (bicyclic) bond motifs is 1. The highest BCUT2D eigenvalue weighted by molar-refractivity contribution is 7.92. The summed E-state index contributed by atoms with van der Waals surface area (Å²) in [6, 6.07) is 7.82. The van der Waals surface area contributed by atoms with Crippen molar-refractivity contribution in [1.82, 2.24) is 14.9 Å². The van der Waals surface area contributed by atoms with Crippen LogP contribution in [-0.4, -0.2) is 62.5 Å². The number of hydrogen-bond acceptors (Lipinski definition) is 8. The summed E-state index contributed by atoms with van der Waals surface area (Å²) in [5.41, 5.74) is 1.99. The quantitative estimate of drug-likeness (QED) is 0.461. The predicted molar refractivity (Wildman–Crippen MR) is 143 cm³/mol. The van der Waals surface area contributed by atoms with Crippen LogP contribution in [0.25, 0.3) is 10.9 Å². The van der Waals surface area contributed by atoms with Crippen molar-refractivity contribution in [3.8, 4) is 5.75 Å². The second kappa shape index (κ2) is 10.1. The van der Waals surface area contributed by atoms with Crippen LogP contribution in [0.3, 0.4) is 0 Å². The number of halogens is 1. The van der Waals surface area contributed by atoms with Crippen LogP contribution in [0, 0.1) is 12.7 Å². The number of carbonyl (C=O) groups excluding carboxylic acids is 1. The van der Waals surface area contributed by atoms with Gasteiger partial charge in [0.1, 0.15) is 35.4 Å². The minimum Gasteiger partial charge on any atom is -0.486 e. The summed E-state index contributed by atoms with van der Waals surface area (Å²) in [6.07, 6.45) is 4.45. The molecule has 1 saturated heterocycles. The number of anilines is 2. The number of aryl methyl sites for hydroxylation is 1. The number of benzene rings is 2. The lowest BCUT2D eigenvalue weighted by Gasteiger charge is -2.24. The van der Waals surface area contributed by atoms with Crippen LogP contribution in [0.5, 0.6) is 5.75 Å². The number of hydrogen-bond donors (Lipinski definition) is 1. The van der Waals surface area contributed by atoms with Crippen molar-refractivity contribution in [3.05, 3.63) is 48.0 Å². The van der Waals surface area contributed by atoms with Gasteiger partial charge in [-0.3, -0.25) is 0 Å². The minimum atomic E-state index is -2.33. The van der Waals surface area contributed by atoms with Crippen molar-refractivity contribution in [2.75, 3.05) is 30.9 Å². The molecule has 37 heavy (non-hydrogen) atoms. The predicted octanol–water partition coefficient (Wildman–Crippen LogP) is 5.57. The Labute approximate surface area is 216 Å². The van der Waals surface area contributed by atoms with Crippen LogP contribution in [0.15, 0.2) is 41.0 Å². The molecule has 0 bridgehead atoms. The molecule has 2 heterocycles. The van der Waals surface area contributed by atoms with Crippen molar-refractivity contribution in [2.24, 2.45) is 4.36 Å². The number of amides is 1. The van der Waals surface area contributed by atoms with Gasteiger partial charge < -0.3 is 19.7 Å². The molecule has 1 atom stereocenters. The summed E-state index contributed by atoms with van der Waals surface area (Å²) in [7, 11) is -2.33. The first kappa shape index (κ1) is 26.6. The van der Waals surface area contributed by atoms with Gasteiger partial charge in [-0.15, -0.1) is 0 Å². The maximum absolute atomic E-state index is 14.2. The van der Waals surface area contributed by atoms with Crippen molar-refractivity contribution in [2.45, 2.75) is 45.8 Å². The molecular weight excluding hydrogens is 497 g/mol. The highest BCUT2D eigenvalue weighted by atomic mass is 32.2. The molecule has 9 nitrogen and oxygen atoms in total. The summed E-state index contributed by atoms with van der Waals surface area (Å²) >= 11 is 0. The molecule has 198 valence electrons. The monoisotopic (exact) mass is 529 g/mol. The lowest BCUT2D eigenvalue weighted by atomic mass is 10.1.